The lowest BCUT2D eigenvalue weighted by molar-refractivity contribution is 1.27. The van der Waals surface area contributed by atoms with Crippen molar-refractivity contribution in [2.24, 2.45) is 0 Å². The lowest BCUT2D eigenvalue weighted by atomic mass is 10.0. The van der Waals surface area contributed by atoms with Crippen LogP contribution in [0.1, 0.15) is 18.1 Å². The van der Waals surface area contributed by atoms with E-state index in [9.17, 15) is 0 Å². The normalized spacial score (nSPS) is 8.31. The molecular formula is C12H10N. The fraction of sp³-hybridized carbons (Fsp3) is 0.167. The van der Waals surface area contributed by atoms with Crippen molar-refractivity contribution in [1.29, 1.82) is 5.26 Å². The molecule has 63 valence electrons. The first-order valence-electron chi connectivity index (χ1n) is 4.09. The molecule has 0 aliphatic rings. The zero-order valence-corrected chi connectivity index (χ0v) is 7.54. The van der Waals surface area contributed by atoms with Gasteiger partial charge in [0, 0.05) is 6.42 Å². The fourth-order valence-electron chi connectivity index (χ4n) is 1.09. The van der Waals surface area contributed by atoms with E-state index < -0.39 is 0 Å². The predicted octanol–water partition coefficient (Wildman–Crippen LogP) is 2.33. The molecule has 0 aliphatic heterocycles. The molecule has 1 rings (SSSR count). The van der Waals surface area contributed by atoms with E-state index in [4.69, 9.17) is 5.26 Å². The summed E-state index contributed by atoms with van der Waals surface area (Å²) in [5.41, 5.74) is 2.08. The summed E-state index contributed by atoms with van der Waals surface area (Å²) in [5.74, 6) is 5.82. The Morgan fingerprint density at radius 1 is 1.38 bits per heavy atom. The first kappa shape index (κ1) is 9.36. The van der Waals surface area contributed by atoms with Gasteiger partial charge in [-0.25, -0.2) is 0 Å². The van der Waals surface area contributed by atoms with Gasteiger partial charge >= 0.3 is 0 Å². The van der Waals surface area contributed by atoms with Crippen LogP contribution in [0.2, 0.25) is 0 Å². The van der Waals surface area contributed by atoms with Gasteiger partial charge in [0.05, 0.1) is 12.5 Å². The number of nitriles is 1. The Balaban J connectivity index is 2.89. The lowest BCUT2D eigenvalue weighted by Gasteiger charge is -2.00. The van der Waals surface area contributed by atoms with Crippen LogP contribution in [0.5, 0.6) is 0 Å². The van der Waals surface area contributed by atoms with Crippen molar-refractivity contribution in [3.8, 4) is 17.9 Å². The molecule has 0 saturated carbocycles. The van der Waals surface area contributed by atoms with Gasteiger partial charge in [-0.3, -0.25) is 0 Å². The highest BCUT2D eigenvalue weighted by atomic mass is 14.2. The topological polar surface area (TPSA) is 23.8 Å². The van der Waals surface area contributed by atoms with E-state index >= 15 is 0 Å². The minimum atomic E-state index is 0.713. The Labute approximate surface area is 79.0 Å². The highest BCUT2D eigenvalue weighted by molar-refractivity contribution is 5.38. The molecule has 0 unspecified atom stereocenters. The largest absolute Gasteiger partial charge is 0.198 e. The van der Waals surface area contributed by atoms with Crippen molar-refractivity contribution in [2.45, 2.75) is 13.3 Å². The molecule has 1 aromatic carbocycles. The van der Waals surface area contributed by atoms with E-state index in [1.165, 1.54) is 0 Å². The number of benzene rings is 1. The van der Waals surface area contributed by atoms with Crippen molar-refractivity contribution in [3.05, 3.63) is 41.8 Å². The Morgan fingerprint density at radius 3 is 2.85 bits per heavy atom. The first-order chi connectivity index (χ1) is 6.38. The molecular weight excluding hydrogens is 158 g/mol. The van der Waals surface area contributed by atoms with Crippen LogP contribution in [0, 0.1) is 29.6 Å². The van der Waals surface area contributed by atoms with E-state index in [2.05, 4.69) is 11.8 Å². The van der Waals surface area contributed by atoms with Gasteiger partial charge in [0.1, 0.15) is 0 Å². The number of rotatable bonds is 2. The summed E-state index contributed by atoms with van der Waals surface area (Å²) in [7, 11) is 0. The predicted molar refractivity (Wildman–Crippen MR) is 52.6 cm³/mol. The Kier molecular flexibility index (Phi) is 3.61. The van der Waals surface area contributed by atoms with Crippen LogP contribution in [0.3, 0.4) is 0 Å². The number of nitrogens with zero attached hydrogens (tertiary/aromatic N) is 1. The van der Waals surface area contributed by atoms with Crippen molar-refractivity contribution in [3.63, 3.8) is 0 Å². The minimum Gasteiger partial charge on any atom is -0.198 e. The van der Waals surface area contributed by atoms with Gasteiger partial charge in [-0.1, -0.05) is 30.2 Å². The number of hydrogen-bond acceptors (Lipinski definition) is 1. The summed E-state index contributed by atoms with van der Waals surface area (Å²) in [5, 5.41) is 8.53. The second-order valence-corrected chi connectivity index (χ2v) is 2.58. The summed E-state index contributed by atoms with van der Waals surface area (Å²) in [6, 6.07) is 9.83. The molecule has 1 nitrogen and oxygen atoms in total. The maximum absolute atomic E-state index is 8.53. The van der Waals surface area contributed by atoms with E-state index in [-0.39, 0.29) is 0 Å². The highest BCUT2D eigenvalue weighted by Crippen LogP contribution is 2.10. The molecule has 13 heavy (non-hydrogen) atoms. The fourth-order valence-corrected chi connectivity index (χ4v) is 1.09. The van der Waals surface area contributed by atoms with E-state index in [1.807, 2.05) is 37.3 Å². The minimum absolute atomic E-state index is 0.713. The van der Waals surface area contributed by atoms with E-state index in [1.54, 1.807) is 6.42 Å². The third-order valence-corrected chi connectivity index (χ3v) is 1.73. The molecule has 0 fully saturated rings. The monoisotopic (exact) mass is 168 g/mol. The van der Waals surface area contributed by atoms with Crippen molar-refractivity contribution >= 4 is 0 Å². The lowest BCUT2D eigenvalue weighted by Crippen LogP contribution is -1.89. The molecule has 0 heterocycles. The molecule has 0 amide bonds. The van der Waals surface area contributed by atoms with Crippen LogP contribution in [0.4, 0.5) is 0 Å². The van der Waals surface area contributed by atoms with Crippen molar-refractivity contribution in [2.75, 3.05) is 0 Å². The van der Waals surface area contributed by atoms with Crippen molar-refractivity contribution in [1.82, 2.24) is 0 Å². The molecule has 1 aromatic rings. The highest BCUT2D eigenvalue weighted by Gasteiger charge is 1.98. The van der Waals surface area contributed by atoms with Crippen LogP contribution in [0.25, 0.3) is 0 Å². The van der Waals surface area contributed by atoms with Gasteiger partial charge in [-0.15, -0.1) is 5.92 Å². The molecule has 0 spiro atoms. The molecule has 0 atom stereocenters. The average molecular weight is 168 g/mol. The van der Waals surface area contributed by atoms with E-state index in [0.29, 0.717) is 6.42 Å². The molecule has 1 heteroatoms. The summed E-state index contributed by atoms with van der Waals surface area (Å²) in [6.07, 6.45) is 2.26. The smallest absolute Gasteiger partial charge is 0.0915 e. The molecule has 0 aromatic heterocycles. The van der Waals surface area contributed by atoms with E-state index in [0.717, 1.165) is 11.1 Å². The Bertz CT molecular complexity index is 374. The molecule has 0 N–H and O–H groups in total. The SMILES string of the molecule is CC#CCc1ccccc1[CH]C#N. The van der Waals surface area contributed by atoms with Gasteiger partial charge in [-0.05, 0) is 18.1 Å². The molecule has 0 bridgehead atoms. The standard InChI is InChI=1S/C12H10N/c1-2-3-6-11-7-4-5-8-12(11)9-10-13/h4-5,7-9H,6H2,1H3. The summed E-state index contributed by atoms with van der Waals surface area (Å²) in [4.78, 5) is 0. The third-order valence-electron chi connectivity index (χ3n) is 1.73. The van der Waals surface area contributed by atoms with Gasteiger partial charge in [0.15, 0.2) is 0 Å². The van der Waals surface area contributed by atoms with Crippen LogP contribution in [-0.4, -0.2) is 0 Å². The third kappa shape index (κ3) is 2.65. The maximum Gasteiger partial charge on any atom is 0.0915 e. The van der Waals surface area contributed by atoms with Crippen LogP contribution in [-0.2, 0) is 6.42 Å². The molecule has 0 aliphatic carbocycles. The average Bonchev–Trinajstić information content (AvgIpc) is 2.17. The van der Waals surface area contributed by atoms with Crippen molar-refractivity contribution < 1.29 is 0 Å². The van der Waals surface area contributed by atoms with Gasteiger partial charge in [-0.2, -0.15) is 5.26 Å². The summed E-state index contributed by atoms with van der Waals surface area (Å²) < 4.78 is 0. The second-order valence-electron chi connectivity index (χ2n) is 2.58. The van der Waals surface area contributed by atoms with Gasteiger partial charge < -0.3 is 0 Å². The summed E-state index contributed by atoms with van der Waals surface area (Å²) >= 11 is 0. The first-order valence-corrected chi connectivity index (χ1v) is 4.09. The molecule has 1 radical (unpaired) electrons. The zero-order chi connectivity index (χ0) is 9.52. The molecule has 0 saturated heterocycles. The Hall–Kier alpha value is -1.73. The van der Waals surface area contributed by atoms with Gasteiger partial charge in [0.2, 0.25) is 0 Å². The van der Waals surface area contributed by atoms with Crippen LogP contribution in [0.15, 0.2) is 24.3 Å². The van der Waals surface area contributed by atoms with Crippen LogP contribution < -0.4 is 0 Å². The van der Waals surface area contributed by atoms with Gasteiger partial charge in [0.25, 0.3) is 0 Å². The Morgan fingerprint density at radius 2 is 2.15 bits per heavy atom. The maximum atomic E-state index is 8.53. The quantitative estimate of drug-likeness (QED) is 0.622. The second kappa shape index (κ2) is 5.01. The zero-order valence-electron chi connectivity index (χ0n) is 7.54. The number of hydrogen-bond donors (Lipinski definition) is 0. The summed E-state index contributed by atoms with van der Waals surface area (Å²) in [6.45, 7) is 1.82. The van der Waals surface area contributed by atoms with Crippen LogP contribution >= 0.6 is 0 Å².